The van der Waals surface area contributed by atoms with Crippen molar-refractivity contribution in [1.29, 1.82) is 0 Å². The van der Waals surface area contributed by atoms with Crippen LogP contribution in [-0.2, 0) is 0 Å². The first-order valence-electron chi connectivity index (χ1n) is 4.95. The molecule has 2 nitrogen and oxygen atoms in total. The first kappa shape index (κ1) is 9.59. The zero-order chi connectivity index (χ0) is 10.7. The summed E-state index contributed by atoms with van der Waals surface area (Å²) in [5, 5.41) is 0. The normalized spacial score (nSPS) is 18.5. The Morgan fingerprint density at radius 2 is 1.80 bits per heavy atom. The van der Waals surface area contributed by atoms with Crippen LogP contribution in [0.25, 0.3) is 6.08 Å². The van der Waals surface area contributed by atoms with Crippen LogP contribution in [0.4, 0.5) is 0 Å². The number of allylic oxidation sites excluding steroid dienone is 3. The maximum atomic E-state index is 5.91. The van der Waals surface area contributed by atoms with E-state index in [1.54, 1.807) is 0 Å². The van der Waals surface area contributed by atoms with Crippen molar-refractivity contribution in [3.05, 3.63) is 65.0 Å². The Morgan fingerprint density at radius 3 is 2.53 bits per heavy atom. The van der Waals surface area contributed by atoms with Gasteiger partial charge in [0.2, 0.25) is 0 Å². The van der Waals surface area contributed by atoms with Crippen LogP contribution in [-0.4, -0.2) is 0 Å². The van der Waals surface area contributed by atoms with Gasteiger partial charge >= 0.3 is 0 Å². The van der Waals surface area contributed by atoms with Crippen LogP contribution in [0.1, 0.15) is 12.0 Å². The SMILES string of the molecule is NC1=C(N)C(=Cc2ccccc2)CC=C1. The Kier molecular flexibility index (Phi) is 2.59. The van der Waals surface area contributed by atoms with Gasteiger partial charge in [-0.25, -0.2) is 0 Å². The van der Waals surface area contributed by atoms with E-state index < -0.39 is 0 Å². The van der Waals surface area contributed by atoms with Gasteiger partial charge < -0.3 is 11.5 Å². The minimum atomic E-state index is 0.656. The van der Waals surface area contributed by atoms with Crippen molar-refractivity contribution in [2.75, 3.05) is 0 Å². The van der Waals surface area contributed by atoms with E-state index in [2.05, 4.69) is 18.2 Å². The highest BCUT2D eigenvalue weighted by Crippen LogP contribution is 2.20. The van der Waals surface area contributed by atoms with Crippen LogP contribution < -0.4 is 11.5 Å². The minimum Gasteiger partial charge on any atom is -0.397 e. The van der Waals surface area contributed by atoms with E-state index in [0.717, 1.165) is 17.6 Å². The van der Waals surface area contributed by atoms with Crippen LogP contribution in [0.15, 0.2) is 59.5 Å². The van der Waals surface area contributed by atoms with Gasteiger partial charge in [-0.15, -0.1) is 0 Å². The highest BCUT2D eigenvalue weighted by Gasteiger charge is 2.07. The van der Waals surface area contributed by atoms with Crippen molar-refractivity contribution < 1.29 is 0 Å². The molecule has 0 bridgehead atoms. The number of benzene rings is 1. The molecule has 4 N–H and O–H groups in total. The zero-order valence-electron chi connectivity index (χ0n) is 8.48. The van der Waals surface area contributed by atoms with Crippen molar-refractivity contribution in [3.63, 3.8) is 0 Å². The summed E-state index contributed by atoms with van der Waals surface area (Å²) in [7, 11) is 0. The average Bonchev–Trinajstić information content (AvgIpc) is 2.26. The third-order valence-corrected chi connectivity index (χ3v) is 2.43. The summed E-state index contributed by atoms with van der Waals surface area (Å²) < 4.78 is 0. The number of nitrogens with two attached hydrogens (primary N) is 2. The van der Waals surface area contributed by atoms with Gasteiger partial charge in [0.05, 0.1) is 11.4 Å². The number of rotatable bonds is 1. The van der Waals surface area contributed by atoms with Crippen molar-refractivity contribution in [1.82, 2.24) is 0 Å². The van der Waals surface area contributed by atoms with Crippen molar-refractivity contribution in [2.45, 2.75) is 6.42 Å². The molecule has 76 valence electrons. The van der Waals surface area contributed by atoms with Crippen LogP contribution in [0, 0.1) is 0 Å². The summed E-state index contributed by atoms with van der Waals surface area (Å²) in [6, 6.07) is 10.1. The molecule has 2 heteroatoms. The third-order valence-electron chi connectivity index (χ3n) is 2.43. The number of hydrogen-bond donors (Lipinski definition) is 2. The van der Waals surface area contributed by atoms with E-state index in [1.165, 1.54) is 0 Å². The van der Waals surface area contributed by atoms with E-state index in [4.69, 9.17) is 11.5 Å². The molecule has 1 aromatic rings. The maximum Gasteiger partial charge on any atom is 0.0583 e. The first-order valence-corrected chi connectivity index (χ1v) is 4.95. The first-order chi connectivity index (χ1) is 7.27. The van der Waals surface area contributed by atoms with Gasteiger partial charge in [-0.05, 0) is 29.7 Å². The van der Waals surface area contributed by atoms with Gasteiger partial charge in [-0.1, -0.05) is 36.4 Å². The van der Waals surface area contributed by atoms with E-state index >= 15 is 0 Å². The molecule has 1 aliphatic carbocycles. The Balaban J connectivity index is 2.34. The largest absolute Gasteiger partial charge is 0.397 e. The highest BCUT2D eigenvalue weighted by atomic mass is 14.7. The third kappa shape index (κ3) is 2.10. The second-order valence-corrected chi connectivity index (χ2v) is 3.56. The molecule has 0 saturated heterocycles. The van der Waals surface area contributed by atoms with E-state index in [-0.39, 0.29) is 0 Å². The van der Waals surface area contributed by atoms with Gasteiger partial charge in [-0.3, -0.25) is 0 Å². The molecule has 1 aliphatic rings. The Bertz CT molecular complexity index is 439. The zero-order valence-corrected chi connectivity index (χ0v) is 8.48. The summed E-state index contributed by atoms with van der Waals surface area (Å²) in [6.45, 7) is 0. The smallest absolute Gasteiger partial charge is 0.0583 e. The fourth-order valence-electron chi connectivity index (χ4n) is 1.59. The summed E-state index contributed by atoms with van der Waals surface area (Å²) in [5.41, 5.74) is 15.2. The van der Waals surface area contributed by atoms with E-state index in [1.807, 2.05) is 30.4 Å². The molecule has 0 unspecified atom stereocenters. The molecule has 0 spiro atoms. The van der Waals surface area contributed by atoms with Crippen LogP contribution >= 0.6 is 0 Å². The van der Waals surface area contributed by atoms with Crippen molar-refractivity contribution >= 4 is 6.08 Å². The molecular weight excluding hydrogens is 184 g/mol. The maximum absolute atomic E-state index is 5.91. The Hall–Kier alpha value is -1.96. The van der Waals surface area contributed by atoms with Crippen LogP contribution in [0.3, 0.4) is 0 Å². The van der Waals surface area contributed by atoms with Crippen LogP contribution in [0.5, 0.6) is 0 Å². The lowest BCUT2D eigenvalue weighted by Crippen LogP contribution is -2.12. The topological polar surface area (TPSA) is 52.0 Å². The van der Waals surface area contributed by atoms with E-state index in [0.29, 0.717) is 11.4 Å². The number of hydrogen-bond acceptors (Lipinski definition) is 2. The predicted molar refractivity (Wildman–Crippen MR) is 63.6 cm³/mol. The molecule has 1 aromatic carbocycles. The Labute approximate surface area is 89.6 Å². The molecule has 0 atom stereocenters. The van der Waals surface area contributed by atoms with Gasteiger partial charge in [0, 0.05) is 0 Å². The standard InChI is InChI=1S/C13H14N2/c14-12-8-4-7-11(13(12)15)9-10-5-2-1-3-6-10/h1-6,8-9H,7,14-15H2. The molecule has 0 fully saturated rings. The molecule has 2 rings (SSSR count). The summed E-state index contributed by atoms with van der Waals surface area (Å²) in [6.07, 6.45) is 6.81. The lowest BCUT2D eigenvalue weighted by atomic mass is 10.00. The van der Waals surface area contributed by atoms with Gasteiger partial charge in [0.1, 0.15) is 0 Å². The molecule has 0 amide bonds. The summed E-state index contributed by atoms with van der Waals surface area (Å²) >= 11 is 0. The molecule has 0 aromatic heterocycles. The second kappa shape index (κ2) is 4.05. The lowest BCUT2D eigenvalue weighted by molar-refractivity contribution is 1.11. The van der Waals surface area contributed by atoms with Crippen molar-refractivity contribution in [3.8, 4) is 0 Å². The minimum absolute atomic E-state index is 0.656. The fraction of sp³-hybridized carbons (Fsp3) is 0.0769. The summed E-state index contributed by atoms with van der Waals surface area (Å²) in [4.78, 5) is 0. The fourth-order valence-corrected chi connectivity index (χ4v) is 1.59. The van der Waals surface area contributed by atoms with Gasteiger partial charge in [-0.2, -0.15) is 0 Å². The second-order valence-electron chi connectivity index (χ2n) is 3.56. The predicted octanol–water partition coefficient (Wildman–Crippen LogP) is 2.16. The van der Waals surface area contributed by atoms with Gasteiger partial charge in [0.15, 0.2) is 0 Å². The highest BCUT2D eigenvalue weighted by molar-refractivity contribution is 5.60. The molecule has 0 heterocycles. The van der Waals surface area contributed by atoms with E-state index in [9.17, 15) is 0 Å². The molecular formula is C13H14N2. The van der Waals surface area contributed by atoms with Crippen molar-refractivity contribution in [2.24, 2.45) is 11.5 Å². The molecule has 0 radical (unpaired) electrons. The average molecular weight is 198 g/mol. The molecule has 0 saturated carbocycles. The molecule has 15 heavy (non-hydrogen) atoms. The van der Waals surface area contributed by atoms with Crippen LogP contribution in [0.2, 0.25) is 0 Å². The monoisotopic (exact) mass is 198 g/mol. The quantitative estimate of drug-likeness (QED) is 0.726. The molecule has 0 aliphatic heterocycles. The van der Waals surface area contributed by atoms with Gasteiger partial charge in [0.25, 0.3) is 0 Å². The lowest BCUT2D eigenvalue weighted by Gasteiger charge is -2.12. The Morgan fingerprint density at radius 1 is 1.07 bits per heavy atom. The summed E-state index contributed by atoms with van der Waals surface area (Å²) in [5.74, 6) is 0.